The zero-order valence-electron chi connectivity index (χ0n) is 11.1. The number of benzene rings is 1. The molecule has 1 heterocycles. The van der Waals surface area contributed by atoms with Crippen LogP contribution in [0.4, 0.5) is 0 Å². The first-order chi connectivity index (χ1) is 9.25. The van der Waals surface area contributed by atoms with Gasteiger partial charge < -0.3 is 10.5 Å². The summed E-state index contributed by atoms with van der Waals surface area (Å²) in [7, 11) is 0. The molecule has 5 heteroatoms. The van der Waals surface area contributed by atoms with Gasteiger partial charge in [0.05, 0.1) is 0 Å². The summed E-state index contributed by atoms with van der Waals surface area (Å²) in [5.41, 5.74) is 6.14. The van der Waals surface area contributed by atoms with Crippen LogP contribution in [-0.4, -0.2) is 48.5 Å². The fourth-order valence-corrected chi connectivity index (χ4v) is 2.97. The second-order valence-electron chi connectivity index (χ2n) is 4.59. The monoisotopic (exact) mass is 279 g/mol. The van der Waals surface area contributed by atoms with E-state index in [0.717, 1.165) is 24.4 Å². The SMILES string of the molecule is N=C(N)c1ccc(OCCN2CCCSCC2)cc1. The van der Waals surface area contributed by atoms with Crippen molar-refractivity contribution in [2.45, 2.75) is 6.42 Å². The largest absolute Gasteiger partial charge is 0.492 e. The van der Waals surface area contributed by atoms with E-state index in [-0.39, 0.29) is 5.84 Å². The van der Waals surface area contributed by atoms with Crippen LogP contribution in [-0.2, 0) is 0 Å². The first-order valence-corrected chi connectivity index (χ1v) is 7.78. The molecule has 0 aliphatic carbocycles. The van der Waals surface area contributed by atoms with Gasteiger partial charge in [-0.3, -0.25) is 10.3 Å². The smallest absolute Gasteiger partial charge is 0.122 e. The highest BCUT2D eigenvalue weighted by molar-refractivity contribution is 7.99. The van der Waals surface area contributed by atoms with Gasteiger partial charge in [-0.05, 0) is 43.0 Å². The molecule has 3 N–H and O–H groups in total. The van der Waals surface area contributed by atoms with Crippen LogP contribution in [0.5, 0.6) is 5.75 Å². The standard InChI is InChI=1S/C14H21N3OS/c15-14(16)12-2-4-13(5-3-12)18-9-7-17-6-1-10-19-11-8-17/h2-5H,1,6-11H2,(H3,15,16). The number of hydrogen-bond acceptors (Lipinski definition) is 4. The number of rotatable bonds is 5. The Balaban J connectivity index is 1.74. The maximum absolute atomic E-state index is 7.33. The topological polar surface area (TPSA) is 62.3 Å². The van der Waals surface area contributed by atoms with Crippen LogP contribution in [0.1, 0.15) is 12.0 Å². The summed E-state index contributed by atoms with van der Waals surface area (Å²) in [5, 5.41) is 7.33. The fourth-order valence-electron chi connectivity index (χ4n) is 2.04. The number of nitrogens with zero attached hydrogens (tertiary/aromatic N) is 1. The van der Waals surface area contributed by atoms with Crippen LogP contribution < -0.4 is 10.5 Å². The molecule has 0 saturated carbocycles. The normalized spacial score (nSPS) is 16.8. The number of amidine groups is 1. The summed E-state index contributed by atoms with van der Waals surface area (Å²) < 4.78 is 5.72. The van der Waals surface area contributed by atoms with Crippen LogP contribution in [0.2, 0.25) is 0 Å². The van der Waals surface area contributed by atoms with Crippen molar-refractivity contribution in [3.63, 3.8) is 0 Å². The quantitative estimate of drug-likeness (QED) is 0.637. The van der Waals surface area contributed by atoms with Crippen molar-refractivity contribution in [3.05, 3.63) is 29.8 Å². The van der Waals surface area contributed by atoms with Gasteiger partial charge in [-0.2, -0.15) is 11.8 Å². The minimum absolute atomic E-state index is 0.0913. The molecule has 1 aliphatic heterocycles. The molecule has 0 amide bonds. The maximum Gasteiger partial charge on any atom is 0.122 e. The molecule has 2 rings (SSSR count). The highest BCUT2D eigenvalue weighted by Gasteiger charge is 2.08. The predicted octanol–water partition coefficient (Wildman–Crippen LogP) is 1.79. The minimum atomic E-state index is 0.0913. The molecule has 0 bridgehead atoms. The van der Waals surface area contributed by atoms with E-state index in [9.17, 15) is 0 Å². The van der Waals surface area contributed by atoms with Gasteiger partial charge >= 0.3 is 0 Å². The van der Waals surface area contributed by atoms with Gasteiger partial charge in [0.15, 0.2) is 0 Å². The molecule has 104 valence electrons. The summed E-state index contributed by atoms with van der Waals surface area (Å²) in [5.74, 6) is 3.44. The summed E-state index contributed by atoms with van der Waals surface area (Å²) >= 11 is 2.04. The van der Waals surface area contributed by atoms with Gasteiger partial charge in [0, 0.05) is 24.4 Å². The molecule has 1 fully saturated rings. The highest BCUT2D eigenvalue weighted by atomic mass is 32.2. The fraction of sp³-hybridized carbons (Fsp3) is 0.500. The average Bonchev–Trinajstić information content (AvgIpc) is 2.68. The maximum atomic E-state index is 7.33. The molecule has 1 aromatic rings. The van der Waals surface area contributed by atoms with E-state index in [1.54, 1.807) is 0 Å². The second-order valence-corrected chi connectivity index (χ2v) is 5.82. The van der Waals surface area contributed by atoms with Gasteiger partial charge in [0.1, 0.15) is 18.2 Å². The van der Waals surface area contributed by atoms with Gasteiger partial charge in [-0.15, -0.1) is 0 Å². The molecule has 0 unspecified atom stereocenters. The number of nitrogen functional groups attached to an aromatic ring is 1. The van der Waals surface area contributed by atoms with Gasteiger partial charge in [0.2, 0.25) is 0 Å². The lowest BCUT2D eigenvalue weighted by Crippen LogP contribution is -2.30. The zero-order valence-corrected chi connectivity index (χ0v) is 11.9. The van der Waals surface area contributed by atoms with Gasteiger partial charge in [-0.25, -0.2) is 0 Å². The molecule has 0 aromatic heterocycles. The highest BCUT2D eigenvalue weighted by Crippen LogP contribution is 2.13. The lowest BCUT2D eigenvalue weighted by atomic mass is 10.2. The van der Waals surface area contributed by atoms with Crippen molar-refractivity contribution in [3.8, 4) is 5.75 Å². The van der Waals surface area contributed by atoms with Crippen LogP contribution in [0.3, 0.4) is 0 Å². The van der Waals surface area contributed by atoms with Crippen molar-refractivity contribution in [2.24, 2.45) is 5.73 Å². The van der Waals surface area contributed by atoms with Crippen LogP contribution in [0.25, 0.3) is 0 Å². The van der Waals surface area contributed by atoms with Crippen molar-refractivity contribution >= 4 is 17.6 Å². The van der Waals surface area contributed by atoms with Gasteiger partial charge in [0.25, 0.3) is 0 Å². The third-order valence-corrected chi connectivity index (χ3v) is 4.21. The number of nitrogens with two attached hydrogens (primary N) is 1. The Bertz CT molecular complexity index is 400. The number of thioether (sulfide) groups is 1. The summed E-state index contributed by atoms with van der Waals surface area (Å²) in [6, 6.07) is 7.38. The third-order valence-electron chi connectivity index (χ3n) is 3.16. The third kappa shape index (κ3) is 4.76. The summed E-state index contributed by atoms with van der Waals surface area (Å²) in [6.45, 7) is 4.04. The molecular formula is C14H21N3OS. The summed E-state index contributed by atoms with van der Waals surface area (Å²) in [6.07, 6.45) is 1.28. The van der Waals surface area contributed by atoms with Crippen LogP contribution >= 0.6 is 11.8 Å². The van der Waals surface area contributed by atoms with Crippen LogP contribution in [0, 0.1) is 5.41 Å². The van der Waals surface area contributed by atoms with E-state index < -0.39 is 0 Å². The lowest BCUT2D eigenvalue weighted by molar-refractivity contribution is 0.219. The Hall–Kier alpha value is -1.20. The molecule has 0 atom stereocenters. The molecule has 0 radical (unpaired) electrons. The van der Waals surface area contributed by atoms with Crippen molar-refractivity contribution in [1.82, 2.24) is 4.90 Å². The first kappa shape index (κ1) is 14.2. The van der Waals surface area contributed by atoms with E-state index in [1.807, 2.05) is 36.0 Å². The molecular weight excluding hydrogens is 258 g/mol. The Morgan fingerprint density at radius 3 is 2.79 bits per heavy atom. The van der Waals surface area contributed by atoms with E-state index in [4.69, 9.17) is 15.9 Å². The number of hydrogen-bond donors (Lipinski definition) is 2. The van der Waals surface area contributed by atoms with E-state index in [1.165, 1.54) is 24.5 Å². The Morgan fingerprint density at radius 1 is 1.26 bits per heavy atom. The first-order valence-electron chi connectivity index (χ1n) is 6.63. The summed E-state index contributed by atoms with van der Waals surface area (Å²) in [4.78, 5) is 2.46. The van der Waals surface area contributed by atoms with Gasteiger partial charge in [-0.1, -0.05) is 0 Å². The molecule has 4 nitrogen and oxygen atoms in total. The Morgan fingerprint density at radius 2 is 2.05 bits per heavy atom. The van der Waals surface area contributed by atoms with E-state index in [2.05, 4.69) is 4.90 Å². The number of nitrogens with one attached hydrogen (secondary N) is 1. The molecule has 1 saturated heterocycles. The Kier molecular flexibility index (Phi) is 5.54. The van der Waals surface area contributed by atoms with E-state index in [0.29, 0.717) is 6.61 Å². The van der Waals surface area contributed by atoms with E-state index >= 15 is 0 Å². The van der Waals surface area contributed by atoms with Crippen LogP contribution in [0.15, 0.2) is 24.3 Å². The molecule has 0 spiro atoms. The molecule has 19 heavy (non-hydrogen) atoms. The molecule has 1 aromatic carbocycles. The minimum Gasteiger partial charge on any atom is -0.492 e. The average molecular weight is 279 g/mol. The van der Waals surface area contributed by atoms with Crippen molar-refractivity contribution < 1.29 is 4.74 Å². The molecule has 1 aliphatic rings. The van der Waals surface area contributed by atoms with Crippen molar-refractivity contribution in [1.29, 1.82) is 5.41 Å². The zero-order chi connectivity index (χ0) is 13.5. The predicted molar refractivity (Wildman–Crippen MR) is 81.3 cm³/mol. The number of ether oxygens (including phenoxy) is 1. The van der Waals surface area contributed by atoms with Crippen molar-refractivity contribution in [2.75, 3.05) is 37.7 Å². The lowest BCUT2D eigenvalue weighted by Gasteiger charge is -2.19. The second kappa shape index (κ2) is 7.40. The Labute approximate surface area is 118 Å².